The van der Waals surface area contributed by atoms with E-state index in [1.807, 2.05) is 50.2 Å². The lowest BCUT2D eigenvalue weighted by Gasteiger charge is -2.28. The molecule has 3 aromatic rings. The Morgan fingerprint density at radius 3 is 2.21 bits per heavy atom. The summed E-state index contributed by atoms with van der Waals surface area (Å²) in [4.78, 5) is 52.4. The van der Waals surface area contributed by atoms with Crippen molar-refractivity contribution in [2.45, 2.75) is 39.0 Å². The van der Waals surface area contributed by atoms with E-state index in [0.29, 0.717) is 24.2 Å². The van der Waals surface area contributed by atoms with Gasteiger partial charge < -0.3 is 10.1 Å². The van der Waals surface area contributed by atoms with E-state index in [1.54, 1.807) is 12.1 Å². The molecule has 5 rings (SSSR count). The summed E-state index contributed by atoms with van der Waals surface area (Å²) in [5.74, 6) is -1.83. The number of carbonyl (C=O) groups is 4. The van der Waals surface area contributed by atoms with Crippen molar-refractivity contribution in [1.29, 1.82) is 0 Å². The predicted octanol–water partition coefficient (Wildman–Crippen LogP) is 5.17. The van der Waals surface area contributed by atoms with Crippen LogP contribution in [0, 0.1) is 25.7 Å². The molecule has 1 N–H and O–H groups in total. The largest absolute Gasteiger partial charge is 0.452 e. The molecule has 3 amide bonds. The van der Waals surface area contributed by atoms with E-state index in [-0.39, 0.29) is 35.1 Å². The highest BCUT2D eigenvalue weighted by atomic mass is 16.5. The van der Waals surface area contributed by atoms with Crippen molar-refractivity contribution >= 4 is 35.1 Å². The SMILES string of the molecule is Cc1cc(C)cc(NC(=O)COC(=O)c2ccc(N3C(=O)[C@@H]4CC[C@H](c5ccccc5)C[C@H]4C3=O)cc2)c1. The zero-order chi connectivity index (χ0) is 26.8. The highest BCUT2D eigenvalue weighted by Gasteiger charge is 2.50. The number of imide groups is 1. The summed E-state index contributed by atoms with van der Waals surface area (Å²) < 4.78 is 5.16. The zero-order valence-corrected chi connectivity index (χ0v) is 21.5. The molecule has 3 aromatic carbocycles. The van der Waals surface area contributed by atoms with Crippen LogP contribution < -0.4 is 10.2 Å². The third kappa shape index (κ3) is 5.23. The van der Waals surface area contributed by atoms with E-state index in [0.717, 1.165) is 17.5 Å². The van der Waals surface area contributed by atoms with Gasteiger partial charge in [-0.05, 0) is 92.1 Å². The van der Waals surface area contributed by atoms with Crippen LogP contribution in [-0.4, -0.2) is 30.3 Å². The standard InChI is InChI=1S/C31H30N2O5/c1-19-14-20(2)16-24(15-19)32-28(34)18-38-31(37)22-8-11-25(12-9-22)33-29(35)26-13-10-23(17-27(26)30(33)36)21-6-4-3-5-7-21/h3-9,11-12,14-16,23,26-27H,10,13,17-18H2,1-2H3,(H,32,34)/t23-,26+,27+/m0/s1. The number of esters is 1. The summed E-state index contributed by atoms with van der Waals surface area (Å²) in [7, 11) is 0. The monoisotopic (exact) mass is 510 g/mol. The normalized spacial score (nSPS) is 20.7. The van der Waals surface area contributed by atoms with E-state index >= 15 is 0 Å². The Hall–Kier alpha value is -4.26. The Balaban J connectivity index is 1.20. The van der Waals surface area contributed by atoms with Crippen LogP contribution in [0.15, 0.2) is 72.8 Å². The Labute approximate surface area is 221 Å². The molecule has 7 nitrogen and oxygen atoms in total. The maximum atomic E-state index is 13.3. The van der Waals surface area contributed by atoms with Crippen molar-refractivity contribution in [3.8, 4) is 0 Å². The molecule has 0 radical (unpaired) electrons. The molecule has 1 saturated heterocycles. The maximum Gasteiger partial charge on any atom is 0.338 e. The van der Waals surface area contributed by atoms with Gasteiger partial charge in [0.2, 0.25) is 11.8 Å². The molecule has 3 atom stereocenters. The number of aryl methyl sites for hydroxylation is 2. The lowest BCUT2D eigenvalue weighted by Crippen LogP contribution is -2.30. The molecule has 1 heterocycles. The molecule has 7 heteroatoms. The number of ether oxygens (including phenoxy) is 1. The number of rotatable bonds is 6. The van der Waals surface area contributed by atoms with Crippen LogP contribution in [0.3, 0.4) is 0 Å². The molecule has 38 heavy (non-hydrogen) atoms. The molecule has 2 aliphatic rings. The first-order valence-electron chi connectivity index (χ1n) is 12.9. The van der Waals surface area contributed by atoms with Gasteiger partial charge in [-0.15, -0.1) is 0 Å². The summed E-state index contributed by atoms with van der Waals surface area (Å²) in [6.07, 6.45) is 2.21. The van der Waals surface area contributed by atoms with Crippen molar-refractivity contribution in [2.75, 3.05) is 16.8 Å². The number of fused-ring (bicyclic) bond motifs is 1. The second-order valence-electron chi connectivity index (χ2n) is 10.2. The van der Waals surface area contributed by atoms with Crippen molar-refractivity contribution in [1.82, 2.24) is 0 Å². The Morgan fingerprint density at radius 2 is 1.53 bits per heavy atom. The third-order valence-electron chi connectivity index (χ3n) is 7.40. The number of nitrogens with one attached hydrogen (secondary N) is 1. The molecular formula is C31H30N2O5. The quantitative estimate of drug-likeness (QED) is 0.365. The van der Waals surface area contributed by atoms with Crippen molar-refractivity contribution in [3.63, 3.8) is 0 Å². The number of hydrogen-bond acceptors (Lipinski definition) is 5. The van der Waals surface area contributed by atoms with Gasteiger partial charge >= 0.3 is 5.97 Å². The molecule has 0 aromatic heterocycles. The smallest absolute Gasteiger partial charge is 0.338 e. The average Bonchev–Trinajstić information content (AvgIpc) is 3.16. The number of anilines is 2. The van der Waals surface area contributed by atoms with Gasteiger partial charge in [0.25, 0.3) is 5.91 Å². The molecule has 0 unspecified atom stereocenters. The fraction of sp³-hybridized carbons (Fsp3) is 0.290. The van der Waals surface area contributed by atoms with Crippen LogP contribution in [0.4, 0.5) is 11.4 Å². The molecule has 194 valence electrons. The lowest BCUT2D eigenvalue weighted by molar-refractivity contribution is -0.122. The lowest BCUT2D eigenvalue weighted by atomic mass is 9.73. The number of hydrogen-bond donors (Lipinski definition) is 1. The number of carbonyl (C=O) groups excluding carboxylic acids is 4. The van der Waals surface area contributed by atoms with Crippen LogP contribution >= 0.6 is 0 Å². The van der Waals surface area contributed by atoms with Crippen LogP contribution in [-0.2, 0) is 19.1 Å². The van der Waals surface area contributed by atoms with Gasteiger partial charge in [-0.2, -0.15) is 0 Å². The Kier molecular flexibility index (Phi) is 7.09. The number of nitrogens with zero attached hydrogens (tertiary/aromatic N) is 1. The molecule has 1 aliphatic heterocycles. The van der Waals surface area contributed by atoms with Crippen molar-refractivity contribution < 1.29 is 23.9 Å². The van der Waals surface area contributed by atoms with E-state index < -0.39 is 18.5 Å². The predicted molar refractivity (Wildman–Crippen MR) is 144 cm³/mol. The first-order chi connectivity index (χ1) is 18.3. The average molecular weight is 511 g/mol. The molecular weight excluding hydrogens is 480 g/mol. The molecule has 0 bridgehead atoms. The van der Waals surface area contributed by atoms with Crippen LogP contribution in [0.1, 0.15) is 52.2 Å². The van der Waals surface area contributed by atoms with Gasteiger partial charge in [-0.1, -0.05) is 36.4 Å². The van der Waals surface area contributed by atoms with Gasteiger partial charge in [0.1, 0.15) is 0 Å². The van der Waals surface area contributed by atoms with E-state index in [4.69, 9.17) is 4.74 Å². The van der Waals surface area contributed by atoms with Crippen LogP contribution in [0.5, 0.6) is 0 Å². The van der Waals surface area contributed by atoms with Gasteiger partial charge in [0.05, 0.1) is 23.1 Å². The first kappa shape index (κ1) is 25.4. The number of amides is 3. The Morgan fingerprint density at radius 1 is 0.868 bits per heavy atom. The molecule has 1 aliphatic carbocycles. The summed E-state index contributed by atoms with van der Waals surface area (Å²) >= 11 is 0. The molecule has 1 saturated carbocycles. The minimum atomic E-state index is -0.662. The Bertz CT molecular complexity index is 1360. The van der Waals surface area contributed by atoms with Gasteiger partial charge in [0, 0.05) is 5.69 Å². The highest BCUT2D eigenvalue weighted by molar-refractivity contribution is 6.22. The van der Waals surface area contributed by atoms with Crippen LogP contribution in [0.2, 0.25) is 0 Å². The highest BCUT2D eigenvalue weighted by Crippen LogP contribution is 2.45. The molecule has 0 spiro atoms. The third-order valence-corrected chi connectivity index (χ3v) is 7.40. The van der Waals surface area contributed by atoms with Gasteiger partial charge in [-0.25, -0.2) is 4.79 Å². The number of benzene rings is 3. The van der Waals surface area contributed by atoms with Gasteiger partial charge in [0.15, 0.2) is 6.61 Å². The summed E-state index contributed by atoms with van der Waals surface area (Å²) in [5, 5.41) is 2.73. The second-order valence-corrected chi connectivity index (χ2v) is 10.2. The zero-order valence-electron chi connectivity index (χ0n) is 21.5. The second kappa shape index (κ2) is 10.6. The fourth-order valence-corrected chi connectivity index (χ4v) is 5.67. The van der Waals surface area contributed by atoms with Crippen molar-refractivity contribution in [3.05, 3.63) is 95.1 Å². The van der Waals surface area contributed by atoms with E-state index in [1.165, 1.54) is 22.6 Å². The molecule has 2 fully saturated rings. The minimum Gasteiger partial charge on any atom is -0.452 e. The summed E-state index contributed by atoms with van der Waals surface area (Å²) in [6.45, 7) is 3.44. The summed E-state index contributed by atoms with van der Waals surface area (Å²) in [6, 6.07) is 22.0. The topological polar surface area (TPSA) is 92.8 Å². The minimum absolute atomic E-state index is 0.176. The van der Waals surface area contributed by atoms with E-state index in [2.05, 4.69) is 17.4 Å². The first-order valence-corrected chi connectivity index (χ1v) is 12.9. The maximum absolute atomic E-state index is 13.3. The fourth-order valence-electron chi connectivity index (χ4n) is 5.67. The van der Waals surface area contributed by atoms with Crippen LogP contribution in [0.25, 0.3) is 0 Å². The van der Waals surface area contributed by atoms with E-state index in [9.17, 15) is 19.2 Å². The summed E-state index contributed by atoms with van der Waals surface area (Å²) in [5.41, 5.74) is 4.55. The van der Waals surface area contributed by atoms with Crippen molar-refractivity contribution in [2.24, 2.45) is 11.8 Å². The van der Waals surface area contributed by atoms with Gasteiger partial charge in [-0.3, -0.25) is 19.3 Å².